The second-order valence-corrected chi connectivity index (χ2v) is 8.03. The number of hydrogen-bond acceptors (Lipinski definition) is 6. The summed E-state index contributed by atoms with van der Waals surface area (Å²) in [7, 11) is -3.70. The molecule has 0 saturated carbocycles. The van der Waals surface area contributed by atoms with Crippen molar-refractivity contribution in [2.75, 3.05) is 18.4 Å². The standard InChI is InChI=1S/C14H18N4O2S2/c1-9-13(22(15,19)20)21-14(18-9)17-8-12-11-5-3-2-4-10(11)6-7-16-12/h2-5,12,16H,6-8H2,1H3,(H,17,18)(H2,15,19,20). The minimum absolute atomic E-state index is 0.118. The molecule has 8 heteroatoms. The molecule has 1 unspecified atom stereocenters. The highest BCUT2D eigenvalue weighted by atomic mass is 32.2. The zero-order valence-corrected chi connectivity index (χ0v) is 13.8. The number of nitrogens with two attached hydrogens (primary N) is 1. The van der Waals surface area contributed by atoms with Crippen LogP contribution in [0.1, 0.15) is 22.9 Å². The Morgan fingerprint density at radius 3 is 2.95 bits per heavy atom. The van der Waals surface area contributed by atoms with Crippen LogP contribution in [-0.4, -0.2) is 26.5 Å². The highest BCUT2D eigenvalue weighted by molar-refractivity contribution is 7.91. The van der Waals surface area contributed by atoms with Gasteiger partial charge in [-0.1, -0.05) is 35.6 Å². The van der Waals surface area contributed by atoms with E-state index >= 15 is 0 Å². The topological polar surface area (TPSA) is 97.1 Å². The zero-order valence-electron chi connectivity index (χ0n) is 12.2. The third-order valence-corrected chi connectivity index (χ3v) is 6.35. The van der Waals surface area contributed by atoms with Crippen molar-refractivity contribution in [2.24, 2.45) is 5.14 Å². The fraction of sp³-hybridized carbons (Fsp3) is 0.357. The lowest BCUT2D eigenvalue weighted by Crippen LogP contribution is -2.34. The predicted molar refractivity (Wildman–Crippen MR) is 87.6 cm³/mol. The summed E-state index contributed by atoms with van der Waals surface area (Å²) in [5.41, 5.74) is 3.07. The van der Waals surface area contributed by atoms with Gasteiger partial charge in [-0.2, -0.15) is 0 Å². The highest BCUT2D eigenvalue weighted by Crippen LogP contribution is 2.27. The summed E-state index contributed by atoms with van der Waals surface area (Å²) >= 11 is 1.07. The number of nitrogens with zero attached hydrogens (tertiary/aromatic N) is 1. The molecule has 0 bridgehead atoms. The molecule has 1 atom stereocenters. The smallest absolute Gasteiger partial charge is 0.249 e. The van der Waals surface area contributed by atoms with Gasteiger partial charge >= 0.3 is 0 Å². The maximum Gasteiger partial charge on any atom is 0.249 e. The van der Waals surface area contributed by atoms with Crippen molar-refractivity contribution < 1.29 is 8.42 Å². The molecule has 1 aromatic carbocycles. The van der Waals surface area contributed by atoms with Gasteiger partial charge in [0.15, 0.2) is 9.34 Å². The van der Waals surface area contributed by atoms with Gasteiger partial charge in [0.2, 0.25) is 10.0 Å². The van der Waals surface area contributed by atoms with Crippen molar-refractivity contribution in [3.63, 3.8) is 0 Å². The molecule has 0 spiro atoms. The minimum atomic E-state index is -3.70. The highest BCUT2D eigenvalue weighted by Gasteiger charge is 2.21. The van der Waals surface area contributed by atoms with E-state index in [9.17, 15) is 8.42 Å². The number of fused-ring (bicyclic) bond motifs is 1. The van der Waals surface area contributed by atoms with Crippen LogP contribution in [0.2, 0.25) is 0 Å². The monoisotopic (exact) mass is 338 g/mol. The minimum Gasteiger partial charge on any atom is -0.360 e. The Balaban J connectivity index is 1.74. The molecule has 2 aromatic rings. The fourth-order valence-corrected chi connectivity index (χ4v) is 4.55. The molecule has 0 amide bonds. The van der Waals surface area contributed by atoms with E-state index in [0.717, 1.165) is 24.3 Å². The lowest BCUT2D eigenvalue weighted by atomic mass is 9.94. The molecule has 0 aliphatic carbocycles. The van der Waals surface area contributed by atoms with E-state index in [1.165, 1.54) is 11.1 Å². The largest absolute Gasteiger partial charge is 0.360 e. The normalized spacial score (nSPS) is 18.0. The quantitative estimate of drug-likeness (QED) is 0.783. The average molecular weight is 338 g/mol. The first-order valence-corrected chi connectivity index (χ1v) is 9.37. The van der Waals surface area contributed by atoms with Gasteiger partial charge in [0.05, 0.1) is 5.69 Å². The van der Waals surface area contributed by atoms with E-state index in [-0.39, 0.29) is 10.3 Å². The fourth-order valence-electron chi connectivity index (χ4n) is 2.69. The number of aryl methyl sites for hydroxylation is 1. The number of aromatic nitrogens is 1. The van der Waals surface area contributed by atoms with E-state index < -0.39 is 10.0 Å². The van der Waals surface area contributed by atoms with Gasteiger partial charge in [0.25, 0.3) is 0 Å². The van der Waals surface area contributed by atoms with Crippen molar-refractivity contribution in [3.05, 3.63) is 41.1 Å². The van der Waals surface area contributed by atoms with Crippen LogP contribution in [-0.2, 0) is 16.4 Å². The second-order valence-electron chi connectivity index (χ2n) is 5.27. The number of hydrogen-bond donors (Lipinski definition) is 3. The summed E-state index contributed by atoms with van der Waals surface area (Å²) in [5, 5.41) is 12.4. The SMILES string of the molecule is Cc1nc(NCC2NCCc3ccccc32)sc1S(N)(=O)=O. The summed E-state index contributed by atoms with van der Waals surface area (Å²) < 4.78 is 23.0. The van der Waals surface area contributed by atoms with Gasteiger partial charge in [-0.3, -0.25) is 0 Å². The third kappa shape index (κ3) is 3.14. The summed E-state index contributed by atoms with van der Waals surface area (Å²) in [4.78, 5) is 4.24. The van der Waals surface area contributed by atoms with E-state index in [1.807, 2.05) is 6.07 Å². The molecule has 4 N–H and O–H groups in total. The van der Waals surface area contributed by atoms with Crippen LogP contribution in [0.15, 0.2) is 28.5 Å². The Hall–Kier alpha value is -1.48. The van der Waals surface area contributed by atoms with Gasteiger partial charge < -0.3 is 10.6 Å². The number of anilines is 1. The number of benzene rings is 1. The van der Waals surface area contributed by atoms with Gasteiger partial charge in [-0.15, -0.1) is 0 Å². The molecule has 22 heavy (non-hydrogen) atoms. The molecule has 0 fully saturated rings. The van der Waals surface area contributed by atoms with Gasteiger partial charge in [-0.25, -0.2) is 18.5 Å². The van der Waals surface area contributed by atoms with Crippen LogP contribution in [0.4, 0.5) is 5.13 Å². The molecule has 0 saturated heterocycles. The molecule has 3 rings (SSSR count). The van der Waals surface area contributed by atoms with Crippen molar-refractivity contribution >= 4 is 26.5 Å². The molecule has 118 valence electrons. The molecular weight excluding hydrogens is 320 g/mol. The number of sulfonamides is 1. The Morgan fingerprint density at radius 2 is 2.23 bits per heavy atom. The van der Waals surface area contributed by atoms with Gasteiger partial charge in [-0.05, 0) is 31.0 Å². The number of nitrogens with one attached hydrogen (secondary N) is 2. The van der Waals surface area contributed by atoms with Crippen LogP contribution < -0.4 is 15.8 Å². The zero-order chi connectivity index (χ0) is 15.7. The molecule has 0 radical (unpaired) electrons. The van der Waals surface area contributed by atoms with E-state index in [4.69, 9.17) is 5.14 Å². The first kappa shape index (κ1) is 15.4. The van der Waals surface area contributed by atoms with Crippen LogP contribution in [0.3, 0.4) is 0 Å². The van der Waals surface area contributed by atoms with Gasteiger partial charge in [0, 0.05) is 12.6 Å². The van der Waals surface area contributed by atoms with Crippen LogP contribution in [0.5, 0.6) is 0 Å². The lowest BCUT2D eigenvalue weighted by molar-refractivity contribution is 0.523. The number of rotatable bonds is 4. The Bertz CT molecular complexity index is 786. The Labute approximate surface area is 133 Å². The van der Waals surface area contributed by atoms with Crippen molar-refractivity contribution in [1.82, 2.24) is 10.3 Å². The third-order valence-electron chi connectivity index (χ3n) is 3.69. The van der Waals surface area contributed by atoms with Crippen molar-refractivity contribution in [3.8, 4) is 0 Å². The summed E-state index contributed by atoms with van der Waals surface area (Å²) in [5.74, 6) is 0. The summed E-state index contributed by atoms with van der Waals surface area (Å²) in [6.45, 7) is 3.23. The summed E-state index contributed by atoms with van der Waals surface area (Å²) in [6, 6.07) is 8.54. The molecule has 1 aliphatic rings. The van der Waals surface area contributed by atoms with E-state index in [2.05, 4.69) is 33.8 Å². The molecular formula is C14H18N4O2S2. The maximum atomic E-state index is 11.4. The molecule has 6 nitrogen and oxygen atoms in total. The lowest BCUT2D eigenvalue weighted by Gasteiger charge is -2.27. The average Bonchev–Trinajstić information content (AvgIpc) is 2.86. The van der Waals surface area contributed by atoms with Crippen LogP contribution in [0.25, 0.3) is 0 Å². The predicted octanol–water partition coefficient (Wildman–Crippen LogP) is 1.40. The molecule has 1 aromatic heterocycles. The Kier molecular flexibility index (Phi) is 4.18. The second kappa shape index (κ2) is 5.96. The van der Waals surface area contributed by atoms with Crippen LogP contribution in [0, 0.1) is 6.92 Å². The maximum absolute atomic E-state index is 11.4. The van der Waals surface area contributed by atoms with Crippen LogP contribution >= 0.6 is 11.3 Å². The van der Waals surface area contributed by atoms with E-state index in [1.54, 1.807) is 6.92 Å². The number of thiazole rings is 1. The Morgan fingerprint density at radius 1 is 1.45 bits per heavy atom. The molecule has 1 aliphatic heterocycles. The van der Waals surface area contributed by atoms with Crippen molar-refractivity contribution in [1.29, 1.82) is 0 Å². The first-order chi connectivity index (χ1) is 10.4. The first-order valence-electron chi connectivity index (χ1n) is 7.00. The summed E-state index contributed by atoms with van der Waals surface area (Å²) in [6.07, 6.45) is 1.03. The molecule has 2 heterocycles. The van der Waals surface area contributed by atoms with E-state index in [0.29, 0.717) is 17.4 Å². The number of primary sulfonamides is 1. The van der Waals surface area contributed by atoms with Gasteiger partial charge in [0.1, 0.15) is 0 Å². The van der Waals surface area contributed by atoms with Crippen molar-refractivity contribution in [2.45, 2.75) is 23.6 Å².